The highest BCUT2D eigenvalue weighted by Gasteiger charge is 2.17. The van der Waals surface area contributed by atoms with Gasteiger partial charge in [0.05, 0.1) is 4.92 Å². The summed E-state index contributed by atoms with van der Waals surface area (Å²) in [6, 6.07) is 8.98. The molecule has 2 aromatic heterocycles. The Labute approximate surface area is 146 Å². The third kappa shape index (κ3) is 3.36. The number of ether oxygens (including phenoxy) is 1. The molecule has 1 aromatic carbocycles. The summed E-state index contributed by atoms with van der Waals surface area (Å²) in [6.07, 6.45) is 0. The molecule has 0 radical (unpaired) electrons. The minimum absolute atomic E-state index is 0.122. The van der Waals surface area contributed by atoms with Crippen LogP contribution >= 0.6 is 27.3 Å². The lowest BCUT2D eigenvalue weighted by molar-refractivity contribution is -0.380. The minimum Gasteiger partial charge on any atom is -0.457 e. The summed E-state index contributed by atoms with van der Waals surface area (Å²) in [5.41, 5.74) is 0.307. The SMILES string of the molecule is O=C(OCc1cc(=O)oc2cc(Br)ccc12)c1ccc([N+](=O)[O-])s1. The van der Waals surface area contributed by atoms with Gasteiger partial charge < -0.3 is 9.15 Å². The van der Waals surface area contributed by atoms with Crippen LogP contribution in [0, 0.1) is 10.1 Å². The third-order valence-electron chi connectivity index (χ3n) is 3.12. The first-order valence-electron chi connectivity index (χ1n) is 6.57. The van der Waals surface area contributed by atoms with Crippen molar-refractivity contribution in [1.29, 1.82) is 0 Å². The zero-order chi connectivity index (χ0) is 17.3. The number of benzene rings is 1. The quantitative estimate of drug-likeness (QED) is 0.280. The number of halogens is 1. The van der Waals surface area contributed by atoms with Crippen molar-refractivity contribution in [2.24, 2.45) is 0 Å². The van der Waals surface area contributed by atoms with Gasteiger partial charge in [0.25, 0.3) is 0 Å². The van der Waals surface area contributed by atoms with Crippen LogP contribution in [0.1, 0.15) is 15.2 Å². The predicted molar refractivity (Wildman–Crippen MR) is 90.3 cm³/mol. The molecular formula is C15H8BrNO6S. The fourth-order valence-electron chi connectivity index (χ4n) is 2.07. The highest BCUT2D eigenvalue weighted by molar-refractivity contribution is 9.10. The Bertz CT molecular complexity index is 1010. The van der Waals surface area contributed by atoms with Gasteiger partial charge in [-0.05, 0) is 24.3 Å². The number of rotatable bonds is 4. The van der Waals surface area contributed by atoms with Gasteiger partial charge in [-0.15, -0.1) is 0 Å². The lowest BCUT2D eigenvalue weighted by Gasteiger charge is -2.06. The molecule has 7 nitrogen and oxygen atoms in total. The van der Waals surface area contributed by atoms with Gasteiger partial charge >= 0.3 is 16.6 Å². The van der Waals surface area contributed by atoms with Crippen molar-refractivity contribution in [2.45, 2.75) is 6.61 Å². The van der Waals surface area contributed by atoms with Crippen molar-refractivity contribution < 1.29 is 18.9 Å². The molecule has 0 amide bonds. The zero-order valence-corrected chi connectivity index (χ0v) is 14.3. The van der Waals surface area contributed by atoms with Crippen LogP contribution in [0.15, 0.2) is 50.1 Å². The van der Waals surface area contributed by atoms with E-state index >= 15 is 0 Å². The standard InChI is InChI=1S/C15H8BrNO6S/c16-9-1-2-10-8(5-14(18)23-11(10)6-9)7-22-15(19)12-3-4-13(24-12)17(20)21/h1-6H,7H2. The smallest absolute Gasteiger partial charge is 0.348 e. The number of nitro groups is 1. The minimum atomic E-state index is -0.688. The summed E-state index contributed by atoms with van der Waals surface area (Å²) < 4.78 is 11.0. The van der Waals surface area contributed by atoms with E-state index in [-0.39, 0.29) is 16.5 Å². The molecule has 3 rings (SSSR count). The lowest BCUT2D eigenvalue weighted by Crippen LogP contribution is -2.06. The van der Waals surface area contributed by atoms with Gasteiger partial charge in [0.2, 0.25) is 0 Å². The summed E-state index contributed by atoms with van der Waals surface area (Å²) in [7, 11) is 0. The largest absolute Gasteiger partial charge is 0.457 e. The van der Waals surface area contributed by atoms with E-state index in [1.54, 1.807) is 18.2 Å². The first-order valence-corrected chi connectivity index (χ1v) is 8.18. The van der Waals surface area contributed by atoms with Crippen LogP contribution in [0.5, 0.6) is 0 Å². The van der Waals surface area contributed by atoms with Gasteiger partial charge in [-0.1, -0.05) is 27.3 Å². The Morgan fingerprint density at radius 1 is 1.29 bits per heavy atom. The van der Waals surface area contributed by atoms with E-state index in [9.17, 15) is 19.7 Å². The number of carbonyl (C=O) groups excluding carboxylic acids is 1. The fourth-order valence-corrected chi connectivity index (χ4v) is 3.13. The molecule has 3 aromatic rings. The number of hydrogen-bond donors (Lipinski definition) is 0. The Kier molecular flexibility index (Phi) is 4.45. The average molecular weight is 410 g/mol. The molecule has 122 valence electrons. The molecule has 0 aliphatic carbocycles. The molecule has 0 saturated heterocycles. The van der Waals surface area contributed by atoms with Crippen molar-refractivity contribution in [2.75, 3.05) is 0 Å². The van der Waals surface area contributed by atoms with Gasteiger partial charge in [0, 0.05) is 27.6 Å². The lowest BCUT2D eigenvalue weighted by atomic mass is 10.1. The number of hydrogen-bond acceptors (Lipinski definition) is 7. The van der Waals surface area contributed by atoms with Crippen molar-refractivity contribution in [3.8, 4) is 0 Å². The first kappa shape index (κ1) is 16.3. The van der Waals surface area contributed by atoms with E-state index in [0.29, 0.717) is 16.5 Å². The van der Waals surface area contributed by atoms with Crippen molar-refractivity contribution in [3.05, 3.63) is 71.8 Å². The van der Waals surface area contributed by atoms with E-state index in [2.05, 4.69) is 15.9 Å². The maximum absolute atomic E-state index is 12.0. The van der Waals surface area contributed by atoms with Crippen molar-refractivity contribution in [3.63, 3.8) is 0 Å². The number of carbonyl (C=O) groups is 1. The molecule has 0 fully saturated rings. The summed E-state index contributed by atoms with van der Waals surface area (Å²) in [6.45, 7) is -0.145. The molecule has 24 heavy (non-hydrogen) atoms. The molecule has 0 unspecified atom stereocenters. The van der Waals surface area contributed by atoms with E-state index in [1.165, 1.54) is 18.2 Å². The maximum Gasteiger partial charge on any atom is 0.348 e. The Balaban J connectivity index is 1.83. The summed E-state index contributed by atoms with van der Waals surface area (Å²) >= 11 is 4.02. The van der Waals surface area contributed by atoms with Gasteiger partial charge in [0.15, 0.2) is 0 Å². The van der Waals surface area contributed by atoms with E-state index < -0.39 is 16.5 Å². The molecule has 0 bridgehead atoms. The normalized spacial score (nSPS) is 10.7. The Morgan fingerprint density at radius 3 is 2.79 bits per heavy atom. The van der Waals surface area contributed by atoms with Crippen LogP contribution in [0.25, 0.3) is 11.0 Å². The Morgan fingerprint density at radius 2 is 2.08 bits per heavy atom. The molecule has 0 saturated carbocycles. The number of esters is 1. The highest BCUT2D eigenvalue weighted by atomic mass is 79.9. The van der Waals surface area contributed by atoms with Crippen LogP contribution in [-0.2, 0) is 11.3 Å². The molecule has 2 heterocycles. The van der Waals surface area contributed by atoms with Crippen LogP contribution in [0.2, 0.25) is 0 Å². The van der Waals surface area contributed by atoms with Gasteiger partial charge in [-0.3, -0.25) is 10.1 Å². The van der Waals surface area contributed by atoms with Crippen molar-refractivity contribution >= 4 is 49.2 Å². The summed E-state index contributed by atoms with van der Waals surface area (Å²) in [5.74, 6) is -0.688. The molecule has 9 heteroatoms. The third-order valence-corrected chi connectivity index (χ3v) is 4.63. The molecule has 0 aliphatic rings. The second kappa shape index (κ2) is 6.54. The molecule has 0 aliphatic heterocycles. The number of nitrogens with zero attached hydrogens (tertiary/aromatic N) is 1. The highest BCUT2D eigenvalue weighted by Crippen LogP contribution is 2.26. The predicted octanol–water partition coefficient (Wildman–Crippen LogP) is 3.88. The Hall–Kier alpha value is -2.52. The second-order valence-electron chi connectivity index (χ2n) is 4.70. The number of fused-ring (bicyclic) bond motifs is 1. The van der Waals surface area contributed by atoms with Crippen LogP contribution in [0.4, 0.5) is 5.00 Å². The molecule has 0 spiro atoms. The van der Waals surface area contributed by atoms with Crippen LogP contribution in [0.3, 0.4) is 0 Å². The van der Waals surface area contributed by atoms with Crippen LogP contribution < -0.4 is 5.63 Å². The molecule has 0 atom stereocenters. The summed E-state index contributed by atoms with van der Waals surface area (Å²) in [5, 5.41) is 11.1. The van der Waals surface area contributed by atoms with Gasteiger partial charge in [-0.25, -0.2) is 9.59 Å². The van der Waals surface area contributed by atoms with Crippen LogP contribution in [-0.4, -0.2) is 10.9 Å². The van der Waals surface area contributed by atoms with Gasteiger partial charge in [0.1, 0.15) is 17.1 Å². The van der Waals surface area contributed by atoms with Gasteiger partial charge in [-0.2, -0.15) is 0 Å². The number of thiophene rings is 1. The molecular weight excluding hydrogens is 402 g/mol. The van der Waals surface area contributed by atoms with Crippen molar-refractivity contribution in [1.82, 2.24) is 0 Å². The maximum atomic E-state index is 12.0. The fraction of sp³-hybridized carbons (Fsp3) is 0.0667. The molecule has 0 N–H and O–H groups in total. The van der Waals surface area contributed by atoms with E-state index in [1.807, 2.05) is 0 Å². The van der Waals surface area contributed by atoms with E-state index in [4.69, 9.17) is 9.15 Å². The average Bonchev–Trinajstić information content (AvgIpc) is 3.02. The monoisotopic (exact) mass is 409 g/mol. The second-order valence-corrected chi connectivity index (χ2v) is 6.68. The first-order chi connectivity index (χ1) is 11.4. The zero-order valence-electron chi connectivity index (χ0n) is 11.9. The summed E-state index contributed by atoms with van der Waals surface area (Å²) in [4.78, 5) is 33.8. The topological polar surface area (TPSA) is 99.7 Å². The van der Waals surface area contributed by atoms with E-state index in [0.717, 1.165) is 15.8 Å².